The van der Waals surface area contributed by atoms with Crippen LogP contribution in [0.1, 0.15) is 24.3 Å². The molecule has 0 saturated carbocycles. The van der Waals surface area contributed by atoms with E-state index >= 15 is 0 Å². The molecular weight excluding hydrogens is 407 g/mol. The molecule has 1 saturated heterocycles. The Balaban J connectivity index is 1.88. The fourth-order valence-corrected chi connectivity index (χ4v) is 3.18. The molecule has 0 radical (unpaired) electrons. The van der Waals surface area contributed by atoms with Crippen LogP contribution in [0.4, 0.5) is 0 Å². The fourth-order valence-electron chi connectivity index (χ4n) is 2.95. The van der Waals surface area contributed by atoms with Crippen LogP contribution >= 0.6 is 23.2 Å². The van der Waals surface area contributed by atoms with Crippen LogP contribution < -0.4 is 0 Å². The van der Waals surface area contributed by atoms with E-state index in [-0.39, 0.29) is 5.96 Å². The lowest BCUT2D eigenvalue weighted by Crippen LogP contribution is -2.38. The van der Waals surface area contributed by atoms with Crippen LogP contribution in [0.5, 0.6) is 0 Å². The van der Waals surface area contributed by atoms with Crippen molar-refractivity contribution in [1.82, 2.24) is 19.8 Å². The Kier molecular flexibility index (Phi) is 6.61. The average molecular weight is 425 g/mol. The third-order valence-electron chi connectivity index (χ3n) is 4.13. The van der Waals surface area contributed by atoms with Gasteiger partial charge < -0.3 is 14.5 Å². The highest BCUT2D eigenvalue weighted by atomic mass is 35.5. The van der Waals surface area contributed by atoms with Crippen molar-refractivity contribution in [2.45, 2.75) is 19.7 Å². The second kappa shape index (κ2) is 9.13. The van der Waals surface area contributed by atoms with Crippen molar-refractivity contribution in [3.8, 4) is 0 Å². The second-order valence-corrected chi connectivity index (χ2v) is 6.74. The first-order valence-electron chi connectivity index (χ1n) is 8.56. The number of ether oxygens (including phenoxy) is 1. The van der Waals surface area contributed by atoms with Gasteiger partial charge in [0.15, 0.2) is 11.3 Å². The van der Waals surface area contributed by atoms with Crippen molar-refractivity contribution in [2.75, 3.05) is 19.7 Å². The Bertz CT molecular complexity index is 847. The lowest BCUT2D eigenvalue weighted by molar-refractivity contribution is -0.486. The van der Waals surface area contributed by atoms with E-state index in [1.165, 1.54) is 0 Å². The lowest BCUT2D eigenvalue weighted by atomic mass is 10.2. The van der Waals surface area contributed by atoms with Crippen LogP contribution in [0.3, 0.4) is 0 Å². The summed E-state index contributed by atoms with van der Waals surface area (Å²) in [5.41, 5.74) is 1.60. The Morgan fingerprint density at radius 3 is 2.50 bits per heavy atom. The van der Waals surface area contributed by atoms with E-state index in [4.69, 9.17) is 27.9 Å². The summed E-state index contributed by atoms with van der Waals surface area (Å²) in [6.45, 7) is 3.72. The number of guanidine groups is 1. The van der Waals surface area contributed by atoms with Gasteiger partial charge in [0, 0.05) is 44.2 Å². The van der Waals surface area contributed by atoms with E-state index in [9.17, 15) is 10.1 Å². The molecule has 0 N–H and O–H groups in total. The number of nitro groups is 1. The molecule has 2 aromatic rings. The van der Waals surface area contributed by atoms with Crippen molar-refractivity contribution in [1.29, 1.82) is 0 Å². The molecule has 0 aromatic carbocycles. The van der Waals surface area contributed by atoms with Crippen LogP contribution in [-0.2, 0) is 11.3 Å². The largest absolute Gasteiger partial charge is 0.354 e. The summed E-state index contributed by atoms with van der Waals surface area (Å²) in [4.78, 5) is 22.9. The molecular formula is C17H18Cl2N6O3. The number of hydrogen-bond acceptors (Lipinski definition) is 5. The molecule has 9 nitrogen and oxygen atoms in total. The second-order valence-electron chi connectivity index (χ2n) is 5.96. The number of aromatic nitrogens is 2. The lowest BCUT2D eigenvalue weighted by Gasteiger charge is -2.29. The topological polar surface area (TPSA) is 97.0 Å². The maximum atomic E-state index is 11.2. The maximum Gasteiger partial charge on any atom is 0.276 e. The van der Waals surface area contributed by atoms with Gasteiger partial charge in [-0.1, -0.05) is 29.3 Å². The van der Waals surface area contributed by atoms with Gasteiger partial charge >= 0.3 is 0 Å². The van der Waals surface area contributed by atoms with Gasteiger partial charge in [0.25, 0.3) is 5.96 Å². The third kappa shape index (κ3) is 4.86. The normalized spacial score (nSPS) is 16.6. The first-order chi connectivity index (χ1) is 13.5. The zero-order valence-corrected chi connectivity index (χ0v) is 16.5. The predicted molar refractivity (Wildman–Crippen MR) is 104 cm³/mol. The molecule has 1 unspecified atom stereocenters. The number of hydrazone groups is 1. The van der Waals surface area contributed by atoms with Gasteiger partial charge in [-0.2, -0.15) is 0 Å². The zero-order valence-electron chi connectivity index (χ0n) is 15.0. The fraction of sp³-hybridized carbons (Fsp3) is 0.353. The Morgan fingerprint density at radius 1 is 1.21 bits per heavy atom. The van der Waals surface area contributed by atoms with Crippen LogP contribution in [0, 0.1) is 10.1 Å². The van der Waals surface area contributed by atoms with E-state index in [1.807, 2.05) is 17.9 Å². The summed E-state index contributed by atoms with van der Waals surface area (Å²) in [5, 5.41) is 14.8. The first kappa shape index (κ1) is 20.2. The number of halogens is 2. The molecule has 3 heterocycles. The summed E-state index contributed by atoms with van der Waals surface area (Å²) in [6.07, 6.45) is 2.66. The van der Waals surface area contributed by atoms with E-state index in [0.717, 1.165) is 11.1 Å². The van der Waals surface area contributed by atoms with Crippen LogP contribution in [-0.4, -0.2) is 50.5 Å². The molecule has 148 valence electrons. The zero-order chi connectivity index (χ0) is 20.1. The van der Waals surface area contributed by atoms with Gasteiger partial charge in [-0.3, -0.25) is 0 Å². The quantitative estimate of drug-likeness (QED) is 0.382. The number of nitrogens with zero attached hydrogens (tertiary/aromatic N) is 6. The van der Waals surface area contributed by atoms with Crippen molar-refractivity contribution in [3.63, 3.8) is 0 Å². The van der Waals surface area contributed by atoms with Gasteiger partial charge in [-0.25, -0.2) is 20.1 Å². The minimum Gasteiger partial charge on any atom is -0.354 e. The Labute approximate surface area is 171 Å². The smallest absolute Gasteiger partial charge is 0.276 e. The van der Waals surface area contributed by atoms with Crippen LogP contribution in [0.2, 0.25) is 10.3 Å². The minimum atomic E-state index is -0.704. The minimum absolute atomic E-state index is 0.216. The molecule has 0 bridgehead atoms. The van der Waals surface area contributed by atoms with Crippen LogP contribution in [0.15, 0.2) is 41.8 Å². The molecule has 1 aliphatic rings. The van der Waals surface area contributed by atoms with Gasteiger partial charge in [0.1, 0.15) is 15.4 Å². The molecule has 0 spiro atoms. The molecule has 1 atom stereocenters. The van der Waals surface area contributed by atoms with E-state index < -0.39 is 11.3 Å². The van der Waals surface area contributed by atoms with Crippen molar-refractivity contribution in [2.24, 2.45) is 5.10 Å². The number of hydrogen-bond donors (Lipinski definition) is 0. The summed E-state index contributed by atoms with van der Waals surface area (Å²) in [6, 6.07) is 6.94. The molecule has 28 heavy (non-hydrogen) atoms. The molecule has 0 aliphatic carbocycles. The third-order valence-corrected chi connectivity index (χ3v) is 4.57. The van der Waals surface area contributed by atoms with Crippen molar-refractivity contribution < 1.29 is 9.77 Å². The highest BCUT2D eigenvalue weighted by molar-refractivity contribution is 6.29. The van der Waals surface area contributed by atoms with Crippen LogP contribution in [0.25, 0.3) is 0 Å². The summed E-state index contributed by atoms with van der Waals surface area (Å²) < 4.78 is 5.86. The monoisotopic (exact) mass is 424 g/mol. The highest BCUT2D eigenvalue weighted by Crippen LogP contribution is 2.27. The van der Waals surface area contributed by atoms with Crippen molar-refractivity contribution >= 4 is 29.2 Å². The van der Waals surface area contributed by atoms with E-state index in [1.54, 1.807) is 35.5 Å². The van der Waals surface area contributed by atoms with Crippen molar-refractivity contribution in [3.05, 3.63) is 68.2 Å². The SMILES string of the molecule is CCOC(c1ccc(Cl)nc1)N1CCN(Cc2ccc(Cl)nc2)C1=N[N+](=O)[O-]. The maximum absolute atomic E-state index is 11.2. The predicted octanol–water partition coefficient (Wildman–Crippen LogP) is 3.18. The van der Waals surface area contributed by atoms with Gasteiger partial charge in [-0.05, 0) is 30.7 Å². The molecule has 3 rings (SSSR count). The first-order valence-corrected chi connectivity index (χ1v) is 9.31. The summed E-state index contributed by atoms with van der Waals surface area (Å²) in [7, 11) is 0. The number of rotatable bonds is 7. The molecule has 0 amide bonds. The van der Waals surface area contributed by atoms with Gasteiger partial charge in [0.05, 0.1) is 0 Å². The Hall–Kier alpha value is -2.49. The molecule has 11 heteroatoms. The van der Waals surface area contributed by atoms with Gasteiger partial charge in [0.2, 0.25) is 0 Å². The molecule has 2 aromatic heterocycles. The highest BCUT2D eigenvalue weighted by Gasteiger charge is 2.36. The number of pyridine rings is 2. The average Bonchev–Trinajstić information content (AvgIpc) is 3.04. The standard InChI is InChI=1S/C17H18Cl2N6O3/c1-2-28-16(13-4-6-15(19)21-10-13)24-8-7-23(17(24)22-25(26)27)11-12-3-5-14(18)20-9-12/h3-6,9-10,16H,2,7-8,11H2,1H3. The molecule has 1 fully saturated rings. The Morgan fingerprint density at radius 2 is 1.93 bits per heavy atom. The van der Waals surface area contributed by atoms with Gasteiger partial charge in [-0.15, -0.1) is 0 Å². The van der Waals surface area contributed by atoms with E-state index in [0.29, 0.717) is 36.5 Å². The summed E-state index contributed by atoms with van der Waals surface area (Å²) in [5.74, 6) is 0.216. The molecule has 1 aliphatic heterocycles. The summed E-state index contributed by atoms with van der Waals surface area (Å²) >= 11 is 11.7. The van der Waals surface area contributed by atoms with E-state index in [2.05, 4.69) is 15.1 Å².